The van der Waals surface area contributed by atoms with Gasteiger partial charge in [-0.05, 0) is 56.7 Å². The van der Waals surface area contributed by atoms with E-state index < -0.39 is 0 Å². The Labute approximate surface area is 129 Å². The van der Waals surface area contributed by atoms with Crippen molar-refractivity contribution < 1.29 is 0 Å². The minimum absolute atomic E-state index is 0.763. The molecule has 0 aromatic rings. The van der Waals surface area contributed by atoms with E-state index in [1.54, 1.807) is 0 Å². The van der Waals surface area contributed by atoms with Gasteiger partial charge in [0, 0.05) is 26.7 Å². The first-order valence-electron chi connectivity index (χ1n) is 7.96. The Balaban J connectivity index is 2.14. The molecule has 0 aliphatic carbocycles. The van der Waals surface area contributed by atoms with Crippen LogP contribution in [-0.2, 0) is 0 Å². The Morgan fingerprint density at radius 2 is 2.20 bits per heavy atom. The Hall–Kier alpha value is -0.420. The third-order valence-electron chi connectivity index (χ3n) is 3.90. The van der Waals surface area contributed by atoms with E-state index in [4.69, 9.17) is 0 Å². The molecule has 0 saturated carbocycles. The number of piperidine rings is 1. The summed E-state index contributed by atoms with van der Waals surface area (Å²) in [6, 6.07) is 0. The molecule has 4 nitrogen and oxygen atoms in total. The predicted molar refractivity (Wildman–Crippen MR) is 91.8 cm³/mol. The van der Waals surface area contributed by atoms with Gasteiger partial charge in [0.25, 0.3) is 0 Å². The number of guanidine groups is 1. The summed E-state index contributed by atoms with van der Waals surface area (Å²) in [4.78, 5) is 6.86. The standard InChI is InChI=1S/C15H32N4S/c1-4-19-10-7-8-14(13-19)12-18-15(16-2)17-9-5-6-11-20-3/h14H,4-13H2,1-3H3,(H2,16,17,18). The number of likely N-dealkylation sites (tertiary alicyclic amines) is 1. The zero-order valence-electron chi connectivity index (χ0n) is 13.5. The molecule has 1 atom stereocenters. The van der Waals surface area contributed by atoms with Crippen molar-refractivity contribution in [1.82, 2.24) is 15.5 Å². The Bertz CT molecular complexity index is 271. The molecule has 0 aromatic carbocycles. The fourth-order valence-corrected chi connectivity index (χ4v) is 3.14. The first-order chi connectivity index (χ1) is 9.80. The van der Waals surface area contributed by atoms with Gasteiger partial charge in [-0.15, -0.1) is 0 Å². The van der Waals surface area contributed by atoms with E-state index in [0.717, 1.165) is 25.0 Å². The SMILES string of the molecule is CCN1CCCC(CNC(=NC)NCCCCSC)C1. The summed E-state index contributed by atoms with van der Waals surface area (Å²) >= 11 is 1.92. The fourth-order valence-electron chi connectivity index (χ4n) is 2.64. The average molecular weight is 301 g/mol. The van der Waals surface area contributed by atoms with Crippen molar-refractivity contribution in [2.24, 2.45) is 10.9 Å². The molecule has 1 fully saturated rings. The lowest BCUT2D eigenvalue weighted by molar-refractivity contribution is 0.183. The van der Waals surface area contributed by atoms with Crippen molar-refractivity contribution in [2.75, 3.05) is 51.8 Å². The summed E-state index contributed by atoms with van der Waals surface area (Å²) in [7, 11) is 1.86. The monoisotopic (exact) mass is 300 g/mol. The summed E-state index contributed by atoms with van der Waals surface area (Å²) in [6.07, 6.45) is 7.33. The number of aliphatic imine (C=N–C) groups is 1. The molecule has 0 aromatic heterocycles. The van der Waals surface area contributed by atoms with E-state index in [2.05, 4.69) is 33.7 Å². The van der Waals surface area contributed by atoms with Crippen molar-refractivity contribution >= 4 is 17.7 Å². The predicted octanol–water partition coefficient (Wildman–Crippen LogP) is 2.03. The lowest BCUT2D eigenvalue weighted by Crippen LogP contribution is -2.44. The fraction of sp³-hybridized carbons (Fsp3) is 0.933. The largest absolute Gasteiger partial charge is 0.356 e. The molecule has 0 radical (unpaired) electrons. The number of thioether (sulfide) groups is 1. The van der Waals surface area contributed by atoms with E-state index in [-0.39, 0.29) is 0 Å². The normalized spacial score (nSPS) is 20.9. The van der Waals surface area contributed by atoms with Gasteiger partial charge >= 0.3 is 0 Å². The highest BCUT2D eigenvalue weighted by Crippen LogP contribution is 2.14. The van der Waals surface area contributed by atoms with Crippen LogP contribution in [0.2, 0.25) is 0 Å². The minimum atomic E-state index is 0.763. The molecule has 1 saturated heterocycles. The number of nitrogens with one attached hydrogen (secondary N) is 2. The molecule has 20 heavy (non-hydrogen) atoms. The molecule has 1 rings (SSSR count). The average Bonchev–Trinajstić information content (AvgIpc) is 2.50. The van der Waals surface area contributed by atoms with Crippen LogP contribution in [-0.4, -0.2) is 62.6 Å². The molecule has 1 unspecified atom stereocenters. The van der Waals surface area contributed by atoms with E-state index >= 15 is 0 Å². The molecular weight excluding hydrogens is 268 g/mol. The maximum Gasteiger partial charge on any atom is 0.190 e. The Morgan fingerprint density at radius 1 is 1.35 bits per heavy atom. The second kappa shape index (κ2) is 11.3. The first-order valence-corrected chi connectivity index (χ1v) is 9.35. The highest BCUT2D eigenvalue weighted by atomic mass is 32.2. The molecule has 118 valence electrons. The van der Waals surface area contributed by atoms with Crippen LogP contribution in [0, 0.1) is 5.92 Å². The lowest BCUT2D eigenvalue weighted by Gasteiger charge is -2.32. The van der Waals surface area contributed by atoms with Crippen LogP contribution in [0.3, 0.4) is 0 Å². The summed E-state index contributed by atoms with van der Waals surface area (Å²) in [5.41, 5.74) is 0. The highest BCUT2D eigenvalue weighted by Gasteiger charge is 2.18. The number of nitrogens with zero attached hydrogens (tertiary/aromatic N) is 2. The molecule has 5 heteroatoms. The third kappa shape index (κ3) is 7.39. The summed E-state index contributed by atoms with van der Waals surface area (Å²) < 4.78 is 0. The first kappa shape index (κ1) is 17.6. The Morgan fingerprint density at radius 3 is 2.90 bits per heavy atom. The number of hydrogen-bond acceptors (Lipinski definition) is 3. The summed E-state index contributed by atoms with van der Waals surface area (Å²) in [5, 5.41) is 6.89. The van der Waals surface area contributed by atoms with Gasteiger partial charge in [0.05, 0.1) is 0 Å². The van der Waals surface area contributed by atoms with E-state index in [1.165, 1.54) is 51.1 Å². The second-order valence-electron chi connectivity index (χ2n) is 5.48. The topological polar surface area (TPSA) is 39.7 Å². The maximum absolute atomic E-state index is 4.31. The number of rotatable bonds is 8. The van der Waals surface area contributed by atoms with E-state index in [1.807, 2.05) is 18.8 Å². The number of hydrogen-bond donors (Lipinski definition) is 2. The zero-order chi connectivity index (χ0) is 14.6. The zero-order valence-corrected chi connectivity index (χ0v) is 14.3. The van der Waals surface area contributed by atoms with Crippen molar-refractivity contribution in [3.05, 3.63) is 0 Å². The molecule has 0 bridgehead atoms. The van der Waals surface area contributed by atoms with Crippen LogP contribution in [0.25, 0.3) is 0 Å². The van der Waals surface area contributed by atoms with E-state index in [9.17, 15) is 0 Å². The van der Waals surface area contributed by atoms with Crippen molar-refractivity contribution in [3.8, 4) is 0 Å². The lowest BCUT2D eigenvalue weighted by atomic mass is 9.98. The van der Waals surface area contributed by atoms with Gasteiger partial charge < -0.3 is 15.5 Å². The van der Waals surface area contributed by atoms with Gasteiger partial charge in [-0.25, -0.2) is 0 Å². The Kier molecular flexibility index (Phi) is 9.93. The van der Waals surface area contributed by atoms with Gasteiger partial charge in [0.15, 0.2) is 5.96 Å². The van der Waals surface area contributed by atoms with E-state index in [0.29, 0.717) is 0 Å². The van der Waals surface area contributed by atoms with Crippen molar-refractivity contribution in [1.29, 1.82) is 0 Å². The van der Waals surface area contributed by atoms with Crippen LogP contribution in [0.1, 0.15) is 32.6 Å². The van der Waals surface area contributed by atoms with Crippen LogP contribution in [0.15, 0.2) is 4.99 Å². The van der Waals surface area contributed by atoms with Crippen molar-refractivity contribution in [2.45, 2.75) is 32.6 Å². The smallest absolute Gasteiger partial charge is 0.190 e. The molecule has 1 aliphatic heterocycles. The van der Waals surface area contributed by atoms with Crippen LogP contribution < -0.4 is 10.6 Å². The molecule has 0 spiro atoms. The van der Waals surface area contributed by atoms with Crippen molar-refractivity contribution in [3.63, 3.8) is 0 Å². The van der Waals surface area contributed by atoms with Gasteiger partial charge in [0.2, 0.25) is 0 Å². The molecule has 0 amide bonds. The van der Waals surface area contributed by atoms with Crippen LogP contribution >= 0.6 is 11.8 Å². The minimum Gasteiger partial charge on any atom is -0.356 e. The van der Waals surface area contributed by atoms with Crippen LogP contribution in [0.4, 0.5) is 0 Å². The quantitative estimate of drug-likeness (QED) is 0.409. The van der Waals surface area contributed by atoms with Crippen LogP contribution in [0.5, 0.6) is 0 Å². The summed E-state index contributed by atoms with van der Waals surface area (Å²) in [6.45, 7) is 8.00. The second-order valence-corrected chi connectivity index (χ2v) is 6.47. The molecule has 1 heterocycles. The van der Waals surface area contributed by atoms with Gasteiger partial charge in [-0.3, -0.25) is 4.99 Å². The third-order valence-corrected chi connectivity index (χ3v) is 4.60. The maximum atomic E-state index is 4.31. The molecule has 1 aliphatic rings. The number of unbranched alkanes of at least 4 members (excludes halogenated alkanes) is 1. The summed E-state index contributed by atoms with van der Waals surface area (Å²) in [5.74, 6) is 2.98. The van der Waals surface area contributed by atoms with Gasteiger partial charge in [0.1, 0.15) is 0 Å². The highest BCUT2D eigenvalue weighted by molar-refractivity contribution is 7.98. The molecular formula is C15H32N4S. The molecule has 2 N–H and O–H groups in total. The van der Waals surface area contributed by atoms with Gasteiger partial charge in [-0.1, -0.05) is 6.92 Å². The van der Waals surface area contributed by atoms with Gasteiger partial charge in [-0.2, -0.15) is 11.8 Å².